The highest BCUT2D eigenvalue weighted by Gasteiger charge is 2.29. The molecule has 0 bridgehead atoms. The first kappa shape index (κ1) is 20.8. The summed E-state index contributed by atoms with van der Waals surface area (Å²) in [6.45, 7) is 0. The second kappa shape index (κ2) is 10.0. The summed E-state index contributed by atoms with van der Waals surface area (Å²) in [6, 6.07) is 20.2. The minimum Gasteiger partial charge on any atom is -0.386 e. The molecule has 0 spiro atoms. The number of benzene rings is 2. The maximum Gasteiger partial charge on any atom is 0.167 e. The Morgan fingerprint density at radius 2 is 1.54 bits per heavy atom. The summed E-state index contributed by atoms with van der Waals surface area (Å²) in [6.07, 6.45) is 4.09. The molecule has 3 N–H and O–H groups in total. The van der Waals surface area contributed by atoms with Gasteiger partial charge in [0.2, 0.25) is 0 Å². The maximum absolute atomic E-state index is 11.1. The minimum absolute atomic E-state index is 0.315. The van der Waals surface area contributed by atoms with Gasteiger partial charge in [-0.05, 0) is 50.3 Å². The van der Waals surface area contributed by atoms with Gasteiger partial charge < -0.3 is 20.6 Å². The first-order valence-electron chi connectivity index (χ1n) is 10.1. The van der Waals surface area contributed by atoms with Gasteiger partial charge in [-0.3, -0.25) is 0 Å². The largest absolute Gasteiger partial charge is 0.386 e. The molecule has 4 nitrogen and oxygen atoms in total. The molecule has 0 aliphatic heterocycles. The van der Waals surface area contributed by atoms with E-state index in [1.807, 2.05) is 60.7 Å². The smallest absolute Gasteiger partial charge is 0.167 e. The Hall–Kier alpha value is -1.95. The Morgan fingerprint density at radius 3 is 2.14 bits per heavy atom. The third-order valence-corrected chi connectivity index (χ3v) is 5.85. The van der Waals surface area contributed by atoms with E-state index in [0.29, 0.717) is 17.2 Å². The molecule has 1 aliphatic rings. The fourth-order valence-electron chi connectivity index (χ4n) is 4.10. The lowest BCUT2D eigenvalue weighted by molar-refractivity contribution is 0.137. The maximum atomic E-state index is 11.1. The quantitative estimate of drug-likeness (QED) is 0.647. The monoisotopic (exact) mass is 397 g/mol. The molecule has 4 atom stereocenters. The van der Waals surface area contributed by atoms with E-state index in [9.17, 15) is 5.11 Å². The van der Waals surface area contributed by atoms with E-state index in [2.05, 4.69) is 29.6 Å². The molecule has 2 aromatic carbocycles. The molecule has 0 radical (unpaired) electrons. The predicted molar refractivity (Wildman–Crippen MR) is 119 cm³/mol. The average Bonchev–Trinajstić information content (AvgIpc) is 2.73. The Kier molecular flexibility index (Phi) is 7.43. The Labute approximate surface area is 174 Å². The van der Waals surface area contributed by atoms with Gasteiger partial charge in [-0.2, -0.15) is 0 Å². The second-order valence-electron chi connectivity index (χ2n) is 7.78. The fourth-order valence-corrected chi connectivity index (χ4v) is 4.37. The molecule has 5 heteroatoms. The second-order valence-corrected chi connectivity index (χ2v) is 8.19. The van der Waals surface area contributed by atoms with Crippen molar-refractivity contribution in [3.05, 3.63) is 71.8 Å². The van der Waals surface area contributed by atoms with Gasteiger partial charge in [-0.25, -0.2) is 0 Å². The zero-order chi connectivity index (χ0) is 19.9. The molecule has 1 aliphatic carbocycles. The van der Waals surface area contributed by atoms with Crippen molar-refractivity contribution >= 4 is 17.3 Å². The molecule has 1 fully saturated rings. The minimum atomic E-state index is -0.695. The molecule has 0 amide bonds. The zero-order valence-corrected chi connectivity index (χ0v) is 17.5. The molecule has 1 saturated carbocycles. The van der Waals surface area contributed by atoms with E-state index in [1.54, 1.807) is 0 Å². The lowest BCUT2D eigenvalue weighted by atomic mass is 9.89. The third kappa shape index (κ3) is 5.31. The number of nitrogens with one attached hydrogen (secondary N) is 2. The van der Waals surface area contributed by atoms with Crippen molar-refractivity contribution in [3.63, 3.8) is 0 Å². The van der Waals surface area contributed by atoms with Crippen molar-refractivity contribution in [2.45, 2.75) is 49.9 Å². The summed E-state index contributed by atoms with van der Waals surface area (Å²) in [4.78, 5) is 2.28. The van der Waals surface area contributed by atoms with Crippen LogP contribution in [0.15, 0.2) is 60.7 Å². The van der Waals surface area contributed by atoms with Gasteiger partial charge in [0.25, 0.3) is 0 Å². The van der Waals surface area contributed by atoms with Crippen LogP contribution in [0.2, 0.25) is 0 Å². The first-order valence-corrected chi connectivity index (χ1v) is 10.5. The average molecular weight is 398 g/mol. The standard InChI is InChI=1S/C23H31N3OS/c1-26(2)20-16-10-9-15-19(20)24-23(28)25-21(17-11-5-3-6-12-17)22(27)18-13-7-4-8-14-18/h3-8,11-14,19-22,27H,9-10,15-16H2,1-2H3,(H2,24,25,28)/t19-,20-,21-,22-/m1/s1. The van der Waals surface area contributed by atoms with Crippen LogP contribution in [0.5, 0.6) is 0 Å². The molecule has 0 heterocycles. The topological polar surface area (TPSA) is 47.5 Å². The van der Waals surface area contributed by atoms with Crippen LogP contribution in [0.3, 0.4) is 0 Å². The van der Waals surface area contributed by atoms with Gasteiger partial charge in [0.15, 0.2) is 5.11 Å². The molecule has 2 aromatic rings. The van der Waals surface area contributed by atoms with Crippen molar-refractivity contribution < 1.29 is 5.11 Å². The van der Waals surface area contributed by atoms with Crippen LogP contribution in [-0.2, 0) is 0 Å². The number of likely N-dealkylation sites (N-methyl/N-ethyl adjacent to an activating group) is 1. The van der Waals surface area contributed by atoms with Crippen molar-refractivity contribution in [3.8, 4) is 0 Å². The summed E-state index contributed by atoms with van der Waals surface area (Å²) in [7, 11) is 4.26. The molecule has 0 saturated heterocycles. The van der Waals surface area contributed by atoms with Crippen LogP contribution in [-0.4, -0.2) is 41.3 Å². The molecule has 3 rings (SSSR count). The summed E-state index contributed by atoms with van der Waals surface area (Å²) in [5.41, 5.74) is 1.88. The molecular weight excluding hydrogens is 366 g/mol. The summed E-state index contributed by atoms with van der Waals surface area (Å²) in [5.74, 6) is 0. The van der Waals surface area contributed by atoms with Gasteiger partial charge in [-0.1, -0.05) is 73.5 Å². The third-order valence-electron chi connectivity index (χ3n) is 5.61. The number of thiocarbonyl (C=S) groups is 1. The number of aliphatic hydroxyl groups is 1. The number of rotatable bonds is 6. The van der Waals surface area contributed by atoms with E-state index in [4.69, 9.17) is 12.2 Å². The highest BCUT2D eigenvalue weighted by Crippen LogP contribution is 2.29. The van der Waals surface area contributed by atoms with Crippen LogP contribution in [0.1, 0.15) is 49.0 Å². The number of hydrogen-bond acceptors (Lipinski definition) is 3. The molecule has 28 heavy (non-hydrogen) atoms. The SMILES string of the molecule is CN(C)[C@@H]1CCCC[C@H]1NC(=S)N[C@H](c1ccccc1)[C@H](O)c1ccccc1. The highest BCUT2D eigenvalue weighted by molar-refractivity contribution is 7.80. The number of nitrogens with zero attached hydrogens (tertiary/aromatic N) is 1. The Morgan fingerprint density at radius 1 is 0.964 bits per heavy atom. The lowest BCUT2D eigenvalue weighted by Gasteiger charge is -2.38. The predicted octanol–water partition coefficient (Wildman–Crippen LogP) is 3.80. The van der Waals surface area contributed by atoms with Crippen LogP contribution < -0.4 is 10.6 Å². The van der Waals surface area contributed by atoms with Gasteiger partial charge in [0.05, 0.1) is 6.04 Å². The van der Waals surface area contributed by atoms with Gasteiger partial charge >= 0.3 is 0 Å². The number of hydrogen-bond donors (Lipinski definition) is 3. The van der Waals surface area contributed by atoms with Crippen molar-refractivity contribution in [1.29, 1.82) is 0 Å². The van der Waals surface area contributed by atoms with E-state index in [1.165, 1.54) is 19.3 Å². The van der Waals surface area contributed by atoms with Crippen LogP contribution >= 0.6 is 12.2 Å². The summed E-state index contributed by atoms with van der Waals surface area (Å²) in [5, 5.41) is 18.6. The van der Waals surface area contributed by atoms with Gasteiger partial charge in [0, 0.05) is 12.1 Å². The van der Waals surface area contributed by atoms with E-state index in [-0.39, 0.29) is 6.04 Å². The Bertz CT molecular complexity index is 738. The Balaban J connectivity index is 1.75. The summed E-state index contributed by atoms with van der Waals surface area (Å²) >= 11 is 5.67. The molecular formula is C23H31N3OS. The fraction of sp³-hybridized carbons (Fsp3) is 0.435. The van der Waals surface area contributed by atoms with Crippen LogP contribution in [0, 0.1) is 0 Å². The van der Waals surface area contributed by atoms with Crippen molar-refractivity contribution in [1.82, 2.24) is 15.5 Å². The lowest BCUT2D eigenvalue weighted by Crippen LogP contribution is -2.54. The van der Waals surface area contributed by atoms with Crippen molar-refractivity contribution in [2.24, 2.45) is 0 Å². The zero-order valence-electron chi connectivity index (χ0n) is 16.7. The normalized spacial score (nSPS) is 21.7. The van der Waals surface area contributed by atoms with E-state index in [0.717, 1.165) is 17.5 Å². The molecule has 150 valence electrons. The van der Waals surface area contributed by atoms with Crippen LogP contribution in [0.4, 0.5) is 0 Å². The van der Waals surface area contributed by atoms with Crippen LogP contribution in [0.25, 0.3) is 0 Å². The number of aliphatic hydroxyl groups excluding tert-OH is 1. The van der Waals surface area contributed by atoms with E-state index < -0.39 is 6.10 Å². The first-order chi connectivity index (χ1) is 13.6. The summed E-state index contributed by atoms with van der Waals surface area (Å²) < 4.78 is 0. The van der Waals surface area contributed by atoms with E-state index >= 15 is 0 Å². The molecule has 0 unspecified atom stereocenters. The van der Waals surface area contributed by atoms with Crippen molar-refractivity contribution in [2.75, 3.05) is 14.1 Å². The van der Waals surface area contributed by atoms with Gasteiger partial charge in [-0.15, -0.1) is 0 Å². The molecule has 0 aromatic heterocycles. The van der Waals surface area contributed by atoms with Gasteiger partial charge in [0.1, 0.15) is 6.10 Å². The highest BCUT2D eigenvalue weighted by atomic mass is 32.1.